The molecule has 0 aliphatic carbocycles. The zero-order chi connectivity index (χ0) is 19.0. The number of nitrogens with zero attached hydrogens (tertiary/aromatic N) is 4. The second-order valence-electron chi connectivity index (χ2n) is 6.22. The maximum atomic E-state index is 11.9. The molecular weight excluding hydrogens is 340 g/mol. The first kappa shape index (κ1) is 16.8. The average molecular weight is 356 g/mol. The maximum absolute atomic E-state index is 11.9. The van der Waals surface area contributed by atoms with Gasteiger partial charge >= 0.3 is 0 Å². The minimum absolute atomic E-state index is 0.343. The summed E-state index contributed by atoms with van der Waals surface area (Å²) in [5.74, 6) is 0.798. The van der Waals surface area contributed by atoms with Crippen molar-refractivity contribution >= 4 is 22.4 Å². The summed E-state index contributed by atoms with van der Waals surface area (Å²) < 4.78 is 5.99. The third kappa shape index (κ3) is 3.01. The number of aromatic nitrogens is 2. The van der Waals surface area contributed by atoms with Gasteiger partial charge in [0, 0.05) is 23.5 Å². The fourth-order valence-corrected chi connectivity index (χ4v) is 3.06. The van der Waals surface area contributed by atoms with E-state index in [-0.39, 0.29) is 5.91 Å². The molecule has 1 aliphatic heterocycles. The van der Waals surface area contributed by atoms with Crippen LogP contribution in [0.1, 0.15) is 18.1 Å². The number of fused-ring (bicyclic) bond motifs is 1. The predicted molar refractivity (Wildman–Crippen MR) is 102 cm³/mol. The van der Waals surface area contributed by atoms with Gasteiger partial charge in [-0.3, -0.25) is 9.78 Å². The van der Waals surface area contributed by atoms with E-state index in [1.807, 2.05) is 43.3 Å². The molecule has 3 heterocycles. The van der Waals surface area contributed by atoms with Crippen LogP contribution in [0.25, 0.3) is 16.5 Å². The summed E-state index contributed by atoms with van der Waals surface area (Å²) in [6.45, 7) is 7.59. The Labute approximate surface area is 156 Å². The first-order valence-electron chi connectivity index (χ1n) is 8.39. The summed E-state index contributed by atoms with van der Waals surface area (Å²) in [5.41, 5.74) is 4.36. The van der Waals surface area contributed by atoms with Crippen molar-refractivity contribution in [2.75, 3.05) is 0 Å². The van der Waals surface area contributed by atoms with E-state index >= 15 is 0 Å². The van der Waals surface area contributed by atoms with Crippen molar-refractivity contribution < 1.29 is 9.53 Å². The summed E-state index contributed by atoms with van der Waals surface area (Å²) in [6.07, 6.45) is 3.40. The summed E-state index contributed by atoms with van der Waals surface area (Å²) >= 11 is 0. The number of amides is 1. The Balaban J connectivity index is 1.71. The Bertz CT molecular complexity index is 1160. The van der Waals surface area contributed by atoms with E-state index in [0.29, 0.717) is 28.5 Å². The lowest BCUT2D eigenvalue weighted by atomic mass is 9.93. The van der Waals surface area contributed by atoms with Crippen LogP contribution >= 0.6 is 0 Å². The quantitative estimate of drug-likeness (QED) is 0.661. The number of benzene rings is 1. The van der Waals surface area contributed by atoms with Gasteiger partial charge in [0.2, 0.25) is 5.88 Å². The van der Waals surface area contributed by atoms with Crippen LogP contribution in [-0.4, -0.2) is 15.9 Å². The Hall–Kier alpha value is -3.67. The molecule has 0 saturated heterocycles. The third-order valence-corrected chi connectivity index (χ3v) is 4.42. The molecule has 27 heavy (non-hydrogen) atoms. The van der Waals surface area contributed by atoms with Gasteiger partial charge < -0.3 is 4.74 Å². The average Bonchev–Trinajstić information content (AvgIpc) is 2.67. The molecule has 0 spiro atoms. The van der Waals surface area contributed by atoms with Crippen molar-refractivity contribution in [2.45, 2.75) is 13.8 Å². The van der Waals surface area contributed by atoms with Crippen LogP contribution in [-0.2, 0) is 4.79 Å². The fraction of sp³-hybridized carbons (Fsp3) is 0.0952. The highest BCUT2D eigenvalue weighted by Crippen LogP contribution is 2.35. The lowest BCUT2D eigenvalue weighted by Gasteiger charge is -2.16. The van der Waals surface area contributed by atoms with Gasteiger partial charge in [-0.1, -0.05) is 12.6 Å². The molecule has 0 fully saturated rings. The second kappa shape index (κ2) is 6.57. The molecule has 0 N–H and O–H groups in total. The van der Waals surface area contributed by atoms with Gasteiger partial charge in [0.1, 0.15) is 5.75 Å². The van der Waals surface area contributed by atoms with Gasteiger partial charge in [-0.15, -0.1) is 10.2 Å². The van der Waals surface area contributed by atoms with E-state index in [9.17, 15) is 4.79 Å². The molecule has 0 radical (unpaired) electrons. The Morgan fingerprint density at radius 2 is 1.85 bits per heavy atom. The van der Waals surface area contributed by atoms with Gasteiger partial charge in [0.15, 0.2) is 0 Å². The third-order valence-electron chi connectivity index (χ3n) is 4.42. The Morgan fingerprint density at radius 3 is 2.67 bits per heavy atom. The van der Waals surface area contributed by atoms with E-state index in [4.69, 9.17) is 4.74 Å². The van der Waals surface area contributed by atoms with Crippen molar-refractivity contribution in [3.63, 3.8) is 0 Å². The van der Waals surface area contributed by atoms with Crippen LogP contribution < -0.4 is 4.74 Å². The zero-order valence-electron chi connectivity index (χ0n) is 14.9. The zero-order valence-corrected chi connectivity index (χ0v) is 14.9. The van der Waals surface area contributed by atoms with Crippen molar-refractivity contribution in [2.24, 2.45) is 10.2 Å². The minimum atomic E-state index is -0.343. The SMILES string of the molecule is C=C1N=NC(=O)C(C)=C1c1ccc(Oc2nccc3ncccc23)cc1C. The molecule has 1 aliphatic rings. The predicted octanol–water partition coefficient (Wildman–Crippen LogP) is 5.01. The highest BCUT2D eigenvalue weighted by Gasteiger charge is 2.21. The van der Waals surface area contributed by atoms with Crippen LogP contribution in [0.4, 0.5) is 0 Å². The fourth-order valence-electron chi connectivity index (χ4n) is 3.06. The number of carbonyl (C=O) groups excluding carboxylic acids is 1. The lowest BCUT2D eigenvalue weighted by Crippen LogP contribution is -2.06. The van der Waals surface area contributed by atoms with Gasteiger partial charge in [-0.2, -0.15) is 0 Å². The maximum Gasteiger partial charge on any atom is 0.291 e. The molecule has 6 nitrogen and oxygen atoms in total. The van der Waals surface area contributed by atoms with Crippen LogP contribution in [0.15, 0.2) is 76.9 Å². The number of hydrogen-bond acceptors (Lipinski definition) is 5. The first-order chi connectivity index (χ1) is 13.0. The molecule has 1 aromatic carbocycles. The molecule has 2 aromatic heterocycles. The van der Waals surface area contributed by atoms with E-state index < -0.39 is 0 Å². The number of hydrogen-bond donors (Lipinski definition) is 0. The summed E-state index contributed by atoms with van der Waals surface area (Å²) in [7, 11) is 0. The van der Waals surface area contributed by atoms with Crippen LogP contribution in [0.2, 0.25) is 0 Å². The Kier molecular flexibility index (Phi) is 4.08. The lowest BCUT2D eigenvalue weighted by molar-refractivity contribution is -0.114. The summed E-state index contributed by atoms with van der Waals surface area (Å²) in [5, 5.41) is 8.29. The smallest absolute Gasteiger partial charge is 0.291 e. The van der Waals surface area contributed by atoms with E-state index in [1.165, 1.54) is 0 Å². The van der Waals surface area contributed by atoms with Crippen LogP contribution in [0.3, 0.4) is 0 Å². The van der Waals surface area contributed by atoms with Crippen LogP contribution in [0, 0.1) is 6.92 Å². The Morgan fingerprint density at radius 1 is 1.00 bits per heavy atom. The highest BCUT2D eigenvalue weighted by molar-refractivity contribution is 6.05. The second-order valence-corrected chi connectivity index (χ2v) is 6.22. The van der Waals surface area contributed by atoms with Crippen molar-refractivity contribution in [1.82, 2.24) is 9.97 Å². The van der Waals surface area contributed by atoms with Gasteiger partial charge in [0.05, 0.1) is 16.6 Å². The molecule has 132 valence electrons. The van der Waals surface area contributed by atoms with E-state index in [2.05, 4.69) is 26.8 Å². The van der Waals surface area contributed by atoms with Crippen LogP contribution in [0.5, 0.6) is 11.6 Å². The number of ether oxygens (including phenoxy) is 1. The van der Waals surface area contributed by atoms with Crippen molar-refractivity contribution in [1.29, 1.82) is 0 Å². The highest BCUT2D eigenvalue weighted by atomic mass is 16.5. The molecule has 1 amide bonds. The number of azo groups is 1. The first-order valence-corrected chi connectivity index (χ1v) is 8.39. The topological polar surface area (TPSA) is 76.8 Å². The van der Waals surface area contributed by atoms with Crippen molar-refractivity contribution in [3.05, 3.63) is 77.8 Å². The number of aryl methyl sites for hydroxylation is 1. The minimum Gasteiger partial charge on any atom is -0.438 e. The summed E-state index contributed by atoms with van der Waals surface area (Å²) in [4.78, 5) is 20.5. The van der Waals surface area contributed by atoms with Crippen molar-refractivity contribution in [3.8, 4) is 11.6 Å². The largest absolute Gasteiger partial charge is 0.438 e. The molecular formula is C21H16N4O2. The van der Waals surface area contributed by atoms with Gasteiger partial charge in [0.25, 0.3) is 5.91 Å². The number of allylic oxidation sites excluding steroid dienone is 1. The molecule has 6 heteroatoms. The standard InChI is InChI=1S/C21H16N4O2/c1-12-11-15(27-21-17-5-4-9-22-18(17)8-10-23-21)6-7-16(12)19-13(2)20(26)25-24-14(19)3/h4-11H,3H2,1-2H3. The molecule has 0 unspecified atom stereocenters. The van der Waals surface area contributed by atoms with Gasteiger partial charge in [-0.05, 0) is 55.3 Å². The molecule has 4 rings (SSSR count). The van der Waals surface area contributed by atoms with E-state index in [1.54, 1.807) is 19.3 Å². The molecule has 3 aromatic rings. The molecule has 0 saturated carbocycles. The monoisotopic (exact) mass is 356 g/mol. The normalized spacial score (nSPS) is 14.1. The number of rotatable bonds is 3. The van der Waals surface area contributed by atoms with Gasteiger partial charge in [-0.25, -0.2) is 4.98 Å². The summed E-state index contributed by atoms with van der Waals surface area (Å²) in [6, 6.07) is 11.2. The molecule has 0 bridgehead atoms. The number of pyridine rings is 2. The van der Waals surface area contributed by atoms with E-state index in [0.717, 1.165) is 22.0 Å². The number of carbonyl (C=O) groups is 1. The molecule has 0 atom stereocenters.